The summed E-state index contributed by atoms with van der Waals surface area (Å²) in [5, 5.41) is 30.8. The Morgan fingerprint density at radius 2 is 1.94 bits per heavy atom. The molecule has 0 spiro atoms. The predicted octanol–water partition coefficient (Wildman–Crippen LogP) is 2.50. The average Bonchev–Trinajstić information content (AvgIpc) is 2.29. The molecule has 0 unspecified atom stereocenters. The van der Waals surface area contributed by atoms with Crippen molar-refractivity contribution in [2.24, 2.45) is 5.16 Å². The molecule has 0 saturated heterocycles. The third-order valence-corrected chi connectivity index (χ3v) is 2.68. The first kappa shape index (κ1) is 10.5. The molecule has 0 saturated carbocycles. The summed E-state index contributed by atoms with van der Waals surface area (Å²) in [7, 11) is 0. The van der Waals surface area contributed by atoms with E-state index in [4.69, 9.17) is 5.21 Å². The van der Waals surface area contributed by atoms with Crippen molar-refractivity contribution in [1.29, 1.82) is 0 Å². The molecule has 0 aliphatic heterocycles. The fourth-order valence-electron chi connectivity index (χ4n) is 1.89. The Hall–Kier alpha value is -1.97. The number of allylic oxidation sites excluding steroid dienone is 2. The first-order valence-corrected chi connectivity index (χ1v) is 5.14. The lowest BCUT2D eigenvalue weighted by Crippen LogP contribution is -2.03. The molecule has 0 aromatic heterocycles. The van der Waals surface area contributed by atoms with E-state index in [1.54, 1.807) is 12.1 Å². The van der Waals surface area contributed by atoms with Crippen molar-refractivity contribution >= 4 is 11.3 Å². The van der Waals surface area contributed by atoms with Crippen LogP contribution in [-0.2, 0) is 0 Å². The quantitative estimate of drug-likeness (QED) is 0.502. The van der Waals surface area contributed by atoms with Gasteiger partial charge in [0.05, 0.1) is 5.71 Å². The van der Waals surface area contributed by atoms with Gasteiger partial charge < -0.3 is 15.4 Å². The lowest BCUT2D eigenvalue weighted by Gasteiger charge is -2.14. The normalized spacial score (nSPS) is 18.5. The van der Waals surface area contributed by atoms with E-state index in [0.29, 0.717) is 11.3 Å². The summed E-state index contributed by atoms with van der Waals surface area (Å²) in [6, 6.07) is 4.50. The number of oxime groups is 1. The van der Waals surface area contributed by atoms with Gasteiger partial charge in [-0.2, -0.15) is 0 Å². The summed E-state index contributed by atoms with van der Waals surface area (Å²) in [6.07, 6.45) is 4.25. The van der Waals surface area contributed by atoms with Crippen LogP contribution in [0.3, 0.4) is 0 Å². The monoisotopic (exact) mass is 219 g/mol. The van der Waals surface area contributed by atoms with Gasteiger partial charge in [-0.1, -0.05) is 5.16 Å². The summed E-state index contributed by atoms with van der Waals surface area (Å²) in [6.45, 7) is 0. The summed E-state index contributed by atoms with van der Waals surface area (Å²) >= 11 is 0. The molecule has 2 rings (SSSR count). The van der Waals surface area contributed by atoms with Gasteiger partial charge in [0.1, 0.15) is 11.5 Å². The maximum atomic E-state index is 9.70. The van der Waals surface area contributed by atoms with Gasteiger partial charge in [0.2, 0.25) is 0 Å². The molecule has 1 aromatic rings. The number of phenolic OH excluding ortho intramolecular Hbond substituents is 2. The maximum absolute atomic E-state index is 9.70. The molecule has 4 heteroatoms. The highest BCUT2D eigenvalue weighted by Gasteiger charge is 2.13. The van der Waals surface area contributed by atoms with Crippen molar-refractivity contribution in [3.63, 3.8) is 0 Å². The van der Waals surface area contributed by atoms with Gasteiger partial charge in [-0.25, -0.2) is 0 Å². The van der Waals surface area contributed by atoms with Crippen molar-refractivity contribution in [3.05, 3.63) is 29.8 Å². The van der Waals surface area contributed by atoms with Crippen LogP contribution in [0.25, 0.3) is 5.57 Å². The van der Waals surface area contributed by atoms with Crippen LogP contribution in [0.1, 0.15) is 24.8 Å². The molecule has 1 aliphatic carbocycles. The van der Waals surface area contributed by atoms with E-state index < -0.39 is 0 Å². The minimum Gasteiger partial charge on any atom is -0.508 e. The average molecular weight is 219 g/mol. The van der Waals surface area contributed by atoms with Crippen LogP contribution in [0.4, 0.5) is 0 Å². The molecular formula is C12H13NO3. The molecule has 84 valence electrons. The Bertz CT molecular complexity index is 463. The van der Waals surface area contributed by atoms with Crippen molar-refractivity contribution in [2.75, 3.05) is 0 Å². The summed E-state index contributed by atoms with van der Waals surface area (Å²) < 4.78 is 0. The van der Waals surface area contributed by atoms with E-state index in [-0.39, 0.29) is 11.5 Å². The van der Waals surface area contributed by atoms with Crippen molar-refractivity contribution < 1.29 is 15.4 Å². The molecule has 0 amide bonds. The molecule has 1 aliphatic rings. The molecule has 16 heavy (non-hydrogen) atoms. The Morgan fingerprint density at radius 1 is 1.12 bits per heavy atom. The second kappa shape index (κ2) is 4.26. The molecule has 0 radical (unpaired) electrons. The van der Waals surface area contributed by atoms with Gasteiger partial charge in [0, 0.05) is 11.6 Å². The minimum absolute atomic E-state index is 0.0358. The molecule has 0 heterocycles. The summed E-state index contributed by atoms with van der Waals surface area (Å²) in [4.78, 5) is 0. The molecule has 1 aromatic carbocycles. The molecule has 0 atom stereocenters. The van der Waals surface area contributed by atoms with Gasteiger partial charge >= 0.3 is 0 Å². The highest BCUT2D eigenvalue weighted by Crippen LogP contribution is 2.33. The van der Waals surface area contributed by atoms with Crippen LogP contribution in [0.2, 0.25) is 0 Å². The second-order valence-corrected chi connectivity index (χ2v) is 3.82. The fraction of sp³-hybridized carbons (Fsp3) is 0.250. The Balaban J connectivity index is 2.40. The van der Waals surface area contributed by atoms with Crippen LogP contribution in [-0.4, -0.2) is 21.1 Å². The zero-order valence-corrected chi connectivity index (χ0v) is 8.72. The number of aromatic hydroxyl groups is 2. The zero-order valence-electron chi connectivity index (χ0n) is 8.72. The standard InChI is InChI=1S/C12H13NO3/c14-10-4-5-11(12(15)7-10)8-2-1-3-9(6-8)13-16/h4-7,14-16H,1-3H2/b13-9+. The largest absolute Gasteiger partial charge is 0.508 e. The zero-order chi connectivity index (χ0) is 11.5. The molecule has 0 fully saturated rings. The molecule has 4 nitrogen and oxygen atoms in total. The van der Waals surface area contributed by atoms with E-state index in [9.17, 15) is 10.2 Å². The Labute approximate surface area is 93.2 Å². The van der Waals surface area contributed by atoms with E-state index in [1.165, 1.54) is 12.1 Å². The highest BCUT2D eigenvalue weighted by molar-refractivity contribution is 6.02. The molecule has 0 bridgehead atoms. The smallest absolute Gasteiger partial charge is 0.126 e. The lowest BCUT2D eigenvalue weighted by atomic mass is 9.92. The SMILES string of the molecule is O/N=C1/C=C(c2ccc(O)cc2O)CCC1. The number of benzene rings is 1. The number of rotatable bonds is 1. The number of hydrogen-bond donors (Lipinski definition) is 3. The van der Waals surface area contributed by atoms with Crippen molar-refractivity contribution in [2.45, 2.75) is 19.3 Å². The van der Waals surface area contributed by atoms with Gasteiger partial charge in [-0.3, -0.25) is 0 Å². The fourth-order valence-corrected chi connectivity index (χ4v) is 1.89. The predicted molar refractivity (Wildman–Crippen MR) is 60.8 cm³/mol. The lowest BCUT2D eigenvalue weighted by molar-refractivity contribution is 0.318. The van der Waals surface area contributed by atoms with Gasteiger partial charge in [-0.15, -0.1) is 0 Å². The minimum atomic E-state index is 0.0358. The van der Waals surface area contributed by atoms with Crippen LogP contribution in [0.15, 0.2) is 29.4 Å². The third-order valence-electron chi connectivity index (χ3n) is 2.68. The Kier molecular flexibility index (Phi) is 2.81. The first-order valence-electron chi connectivity index (χ1n) is 5.14. The van der Waals surface area contributed by atoms with Gasteiger partial charge in [-0.05, 0) is 43.0 Å². The van der Waals surface area contributed by atoms with E-state index in [1.807, 2.05) is 0 Å². The molecular weight excluding hydrogens is 206 g/mol. The van der Waals surface area contributed by atoms with Crippen LogP contribution in [0, 0.1) is 0 Å². The molecule has 3 N–H and O–H groups in total. The van der Waals surface area contributed by atoms with E-state index in [2.05, 4.69) is 5.16 Å². The number of hydrogen-bond acceptors (Lipinski definition) is 4. The second-order valence-electron chi connectivity index (χ2n) is 3.82. The topological polar surface area (TPSA) is 73.1 Å². The van der Waals surface area contributed by atoms with Crippen LogP contribution < -0.4 is 0 Å². The van der Waals surface area contributed by atoms with E-state index in [0.717, 1.165) is 24.8 Å². The summed E-state index contributed by atoms with van der Waals surface area (Å²) in [5.74, 6) is 0.0825. The highest BCUT2D eigenvalue weighted by atomic mass is 16.4. The number of nitrogens with zero attached hydrogens (tertiary/aromatic N) is 1. The van der Waals surface area contributed by atoms with E-state index >= 15 is 0 Å². The summed E-state index contributed by atoms with van der Waals surface area (Å²) in [5.41, 5.74) is 2.23. The number of phenols is 2. The van der Waals surface area contributed by atoms with Gasteiger partial charge in [0.15, 0.2) is 0 Å². The van der Waals surface area contributed by atoms with Crippen LogP contribution >= 0.6 is 0 Å². The van der Waals surface area contributed by atoms with Crippen LogP contribution in [0.5, 0.6) is 11.5 Å². The Morgan fingerprint density at radius 3 is 2.62 bits per heavy atom. The van der Waals surface area contributed by atoms with Gasteiger partial charge in [0.25, 0.3) is 0 Å². The van der Waals surface area contributed by atoms with Crippen molar-refractivity contribution in [1.82, 2.24) is 0 Å². The van der Waals surface area contributed by atoms with Crippen molar-refractivity contribution in [3.8, 4) is 11.5 Å². The first-order chi connectivity index (χ1) is 7.70. The third kappa shape index (κ3) is 2.00. The maximum Gasteiger partial charge on any atom is 0.126 e.